The van der Waals surface area contributed by atoms with E-state index in [1.165, 1.54) is 25.0 Å². The van der Waals surface area contributed by atoms with E-state index in [1.54, 1.807) is 6.07 Å². The summed E-state index contributed by atoms with van der Waals surface area (Å²) in [7, 11) is 0. The van der Waals surface area contributed by atoms with Crippen LogP contribution in [0.2, 0.25) is 0 Å². The molecule has 1 aliphatic heterocycles. The maximum absolute atomic E-state index is 14.1. The van der Waals surface area contributed by atoms with Crippen molar-refractivity contribution >= 4 is 22.6 Å². The van der Waals surface area contributed by atoms with E-state index < -0.39 is 10.3 Å². The van der Waals surface area contributed by atoms with E-state index in [1.807, 2.05) is 0 Å². The molecule has 30 heavy (non-hydrogen) atoms. The smallest absolute Gasteiger partial charge is 0.271 e. The van der Waals surface area contributed by atoms with Gasteiger partial charge in [0.2, 0.25) is 5.91 Å². The summed E-state index contributed by atoms with van der Waals surface area (Å²) in [5.74, 6) is 0.177. The van der Waals surface area contributed by atoms with Gasteiger partial charge in [0, 0.05) is 30.6 Å². The van der Waals surface area contributed by atoms with Gasteiger partial charge in [-0.1, -0.05) is 33.6 Å². The fraction of sp³-hybridized carbons (Fsp3) is 0.609. The number of benzene rings is 1. The molecule has 2 unspecified atom stereocenters. The second-order valence-corrected chi connectivity index (χ2v) is 9.92. The Morgan fingerprint density at radius 3 is 2.33 bits per heavy atom. The molecule has 1 saturated heterocycles. The van der Waals surface area contributed by atoms with Crippen molar-refractivity contribution in [3.63, 3.8) is 0 Å². The molecule has 1 amide bonds. The zero-order valence-corrected chi connectivity index (χ0v) is 17.9. The van der Waals surface area contributed by atoms with E-state index >= 15 is 0 Å². The molecule has 2 aromatic rings. The highest BCUT2D eigenvalue weighted by Crippen LogP contribution is 2.70. The molecule has 2 aliphatic carbocycles. The number of amides is 1. The van der Waals surface area contributed by atoms with Crippen LogP contribution < -0.4 is 0 Å². The van der Waals surface area contributed by atoms with Crippen molar-refractivity contribution in [3.8, 4) is 0 Å². The standard InChI is InChI=1S/C23H28N4O3/c1-21(2)22(3)10-11-23(21,20(28)26-12-6-4-5-7-13-26)19-18(22)24-16-9-8-15(27(29)30)14-17(16)25-19/h8-9,14H,4-7,10-13H2,1-3H3. The lowest BCUT2D eigenvalue weighted by Gasteiger charge is -2.42. The number of hydrogen-bond donors (Lipinski definition) is 0. The molecular weight excluding hydrogens is 380 g/mol. The van der Waals surface area contributed by atoms with Gasteiger partial charge in [-0.05, 0) is 37.2 Å². The molecule has 0 spiro atoms. The van der Waals surface area contributed by atoms with Gasteiger partial charge in [-0.15, -0.1) is 0 Å². The number of nitro groups is 1. The number of nitrogens with zero attached hydrogens (tertiary/aromatic N) is 4. The minimum atomic E-state index is -0.715. The van der Waals surface area contributed by atoms with Crippen molar-refractivity contribution < 1.29 is 9.72 Å². The predicted molar refractivity (Wildman–Crippen MR) is 113 cm³/mol. The lowest BCUT2D eigenvalue weighted by Crippen LogP contribution is -2.53. The fourth-order valence-corrected chi connectivity index (χ4v) is 6.22. The average Bonchev–Trinajstić information content (AvgIpc) is 2.94. The van der Waals surface area contributed by atoms with Gasteiger partial charge in [0.1, 0.15) is 0 Å². The Labute approximate surface area is 176 Å². The third-order valence-electron chi connectivity index (χ3n) is 8.49. The number of fused-ring (bicyclic) bond motifs is 6. The lowest BCUT2D eigenvalue weighted by molar-refractivity contribution is -0.384. The van der Waals surface area contributed by atoms with Gasteiger partial charge in [0.15, 0.2) is 0 Å². The van der Waals surface area contributed by atoms with E-state index in [-0.39, 0.29) is 22.4 Å². The van der Waals surface area contributed by atoms with Crippen molar-refractivity contribution in [2.24, 2.45) is 5.41 Å². The van der Waals surface area contributed by atoms with Crippen molar-refractivity contribution in [1.82, 2.24) is 14.9 Å². The highest BCUT2D eigenvalue weighted by molar-refractivity contribution is 5.93. The number of non-ortho nitro benzene ring substituents is 1. The number of carbonyl (C=O) groups excluding carboxylic acids is 1. The van der Waals surface area contributed by atoms with Crippen LogP contribution in [0.25, 0.3) is 11.0 Å². The van der Waals surface area contributed by atoms with Crippen LogP contribution >= 0.6 is 0 Å². The van der Waals surface area contributed by atoms with E-state index in [9.17, 15) is 14.9 Å². The first-order valence-electron chi connectivity index (χ1n) is 11.0. The van der Waals surface area contributed by atoms with E-state index in [4.69, 9.17) is 9.97 Å². The van der Waals surface area contributed by atoms with Gasteiger partial charge in [0.05, 0.1) is 32.8 Å². The molecule has 0 N–H and O–H groups in total. The normalized spacial score (nSPS) is 29.6. The Hall–Kier alpha value is -2.57. The van der Waals surface area contributed by atoms with E-state index in [0.29, 0.717) is 11.0 Å². The summed E-state index contributed by atoms with van der Waals surface area (Å²) in [6.07, 6.45) is 6.09. The highest BCUT2D eigenvalue weighted by Gasteiger charge is 2.73. The van der Waals surface area contributed by atoms with Crippen molar-refractivity contribution in [1.29, 1.82) is 0 Å². The second-order valence-electron chi connectivity index (χ2n) is 9.92. The van der Waals surface area contributed by atoms with Crippen LogP contribution in [0.1, 0.15) is 70.7 Å². The molecule has 158 valence electrons. The third-order valence-corrected chi connectivity index (χ3v) is 8.49. The highest BCUT2D eigenvalue weighted by atomic mass is 16.6. The predicted octanol–water partition coefficient (Wildman–Crippen LogP) is 4.27. The molecule has 7 heteroatoms. The summed E-state index contributed by atoms with van der Waals surface area (Å²) in [6.45, 7) is 8.19. The number of rotatable bonds is 2. The molecule has 2 fully saturated rings. The Morgan fingerprint density at radius 1 is 1.00 bits per heavy atom. The molecule has 5 rings (SSSR count). The third kappa shape index (κ3) is 2.23. The topological polar surface area (TPSA) is 89.2 Å². The zero-order chi connectivity index (χ0) is 21.3. The monoisotopic (exact) mass is 408 g/mol. The second kappa shape index (κ2) is 6.22. The van der Waals surface area contributed by atoms with Crippen LogP contribution in [0.5, 0.6) is 0 Å². The lowest BCUT2D eigenvalue weighted by atomic mass is 9.63. The zero-order valence-electron chi connectivity index (χ0n) is 17.9. The van der Waals surface area contributed by atoms with Gasteiger partial charge in [-0.3, -0.25) is 14.9 Å². The van der Waals surface area contributed by atoms with Crippen LogP contribution in [-0.4, -0.2) is 38.8 Å². The molecule has 1 aromatic heterocycles. The first-order valence-corrected chi connectivity index (χ1v) is 11.0. The fourth-order valence-electron chi connectivity index (χ4n) is 6.22. The minimum absolute atomic E-state index is 0.00160. The Kier molecular flexibility index (Phi) is 4.02. The van der Waals surface area contributed by atoms with Gasteiger partial charge in [-0.25, -0.2) is 9.97 Å². The SMILES string of the molecule is CC12CCC(C(=O)N3CCCCCC3)(c3nc4cc([N+](=O)[O-])ccc4nc31)C2(C)C. The largest absolute Gasteiger partial charge is 0.342 e. The van der Waals surface area contributed by atoms with Gasteiger partial charge < -0.3 is 4.90 Å². The van der Waals surface area contributed by atoms with Crippen LogP contribution in [0.4, 0.5) is 5.69 Å². The molecular formula is C23H28N4O3. The van der Waals surface area contributed by atoms with Crippen LogP contribution in [0.15, 0.2) is 18.2 Å². The van der Waals surface area contributed by atoms with Crippen molar-refractivity contribution in [3.05, 3.63) is 39.7 Å². The quantitative estimate of drug-likeness (QED) is 0.547. The number of hydrogen-bond acceptors (Lipinski definition) is 5. The molecule has 1 aromatic carbocycles. The summed E-state index contributed by atoms with van der Waals surface area (Å²) in [4.78, 5) is 36.9. The molecule has 0 radical (unpaired) electrons. The van der Waals surface area contributed by atoms with Gasteiger partial charge >= 0.3 is 0 Å². The number of carbonyl (C=O) groups is 1. The van der Waals surface area contributed by atoms with Crippen LogP contribution in [0.3, 0.4) is 0 Å². The molecule has 7 nitrogen and oxygen atoms in total. The summed E-state index contributed by atoms with van der Waals surface area (Å²) < 4.78 is 0. The Morgan fingerprint density at radius 2 is 1.67 bits per heavy atom. The minimum Gasteiger partial charge on any atom is -0.342 e. The number of likely N-dealkylation sites (tertiary alicyclic amines) is 1. The Balaban J connectivity index is 1.72. The number of aromatic nitrogens is 2. The van der Waals surface area contributed by atoms with E-state index in [0.717, 1.165) is 50.2 Å². The average molecular weight is 409 g/mol. The summed E-state index contributed by atoms with van der Waals surface area (Å²) >= 11 is 0. The summed E-state index contributed by atoms with van der Waals surface area (Å²) in [5, 5.41) is 11.3. The summed E-state index contributed by atoms with van der Waals surface area (Å²) in [6, 6.07) is 4.63. The maximum Gasteiger partial charge on any atom is 0.271 e. The van der Waals surface area contributed by atoms with E-state index in [2.05, 4.69) is 25.7 Å². The van der Waals surface area contributed by atoms with Crippen LogP contribution in [-0.2, 0) is 15.6 Å². The van der Waals surface area contributed by atoms with Gasteiger partial charge in [-0.2, -0.15) is 0 Å². The molecule has 2 bridgehead atoms. The number of nitro benzene ring substituents is 1. The summed E-state index contributed by atoms with van der Waals surface area (Å²) in [5.41, 5.74) is 1.53. The maximum atomic E-state index is 14.1. The first-order chi connectivity index (χ1) is 14.2. The van der Waals surface area contributed by atoms with Crippen molar-refractivity contribution in [2.75, 3.05) is 13.1 Å². The van der Waals surface area contributed by atoms with Crippen molar-refractivity contribution in [2.45, 2.75) is 70.1 Å². The Bertz CT molecular complexity index is 1070. The van der Waals surface area contributed by atoms with Crippen LogP contribution in [0, 0.1) is 15.5 Å². The van der Waals surface area contributed by atoms with Gasteiger partial charge in [0.25, 0.3) is 5.69 Å². The first kappa shape index (κ1) is 19.4. The molecule has 2 atom stereocenters. The molecule has 2 heterocycles. The molecule has 1 saturated carbocycles. The molecule has 3 aliphatic rings.